The summed E-state index contributed by atoms with van der Waals surface area (Å²) in [7, 11) is 0. The Morgan fingerprint density at radius 3 is 2.32 bits per heavy atom. The molecule has 8 nitrogen and oxygen atoms in total. The normalized spacial score (nSPS) is 14.7. The van der Waals surface area contributed by atoms with E-state index in [9.17, 15) is 9.59 Å². The Labute approximate surface area is 144 Å². The van der Waals surface area contributed by atoms with Gasteiger partial charge in [-0.25, -0.2) is 9.59 Å². The van der Waals surface area contributed by atoms with E-state index in [4.69, 9.17) is 26.2 Å². The second-order valence-electron chi connectivity index (χ2n) is 5.88. The molecule has 0 fully saturated rings. The monoisotopic (exact) mass is 350 g/mol. The lowest BCUT2D eigenvalue weighted by atomic mass is 10.0. The van der Waals surface area contributed by atoms with E-state index >= 15 is 0 Å². The van der Waals surface area contributed by atoms with E-state index in [2.05, 4.69) is 29.7 Å². The van der Waals surface area contributed by atoms with Gasteiger partial charge in [-0.3, -0.25) is 0 Å². The van der Waals surface area contributed by atoms with E-state index in [-0.39, 0.29) is 0 Å². The van der Waals surface area contributed by atoms with Crippen LogP contribution in [0.5, 0.6) is 0 Å². The molecule has 1 aliphatic heterocycles. The van der Waals surface area contributed by atoms with E-state index in [1.54, 1.807) is 0 Å². The number of nitrogens with zero attached hydrogens (tertiary/aromatic N) is 1. The Bertz CT molecular complexity index is 780. The topological polar surface area (TPSA) is 146 Å². The van der Waals surface area contributed by atoms with Gasteiger partial charge in [-0.15, -0.1) is 0 Å². The number of benzene rings is 1. The smallest absolute Gasteiger partial charge is 0.335 e. The van der Waals surface area contributed by atoms with E-state index in [1.807, 2.05) is 0 Å². The number of aliphatic carboxylic acids is 2. The summed E-state index contributed by atoms with van der Waals surface area (Å²) in [5, 5.41) is 33.9. The molecule has 25 heavy (non-hydrogen) atoms. The summed E-state index contributed by atoms with van der Waals surface area (Å²) in [4.78, 5) is 19.5. The third kappa shape index (κ3) is 3.65. The predicted molar refractivity (Wildman–Crippen MR) is 90.4 cm³/mol. The molecule has 0 amide bonds. The minimum atomic E-state index is -2.27. The van der Waals surface area contributed by atoms with Crippen molar-refractivity contribution in [2.45, 2.75) is 38.5 Å². The van der Waals surface area contributed by atoms with Gasteiger partial charge in [-0.05, 0) is 37.4 Å². The highest BCUT2D eigenvalue weighted by atomic mass is 16.4. The van der Waals surface area contributed by atoms with Crippen LogP contribution in [0.1, 0.15) is 16.8 Å². The molecule has 8 heteroatoms. The maximum atomic E-state index is 9.77. The minimum absolute atomic E-state index is 0.740. The number of nitrogens with two attached hydrogens (primary N) is 1. The molecule has 3 rings (SSSR count). The van der Waals surface area contributed by atoms with Crippen molar-refractivity contribution in [3.05, 3.63) is 35.0 Å². The Kier molecular flexibility index (Phi) is 5.78. The summed E-state index contributed by atoms with van der Waals surface area (Å²) in [6.45, 7) is 4.11. The maximum absolute atomic E-state index is 9.77. The van der Waals surface area contributed by atoms with Gasteiger partial charge >= 0.3 is 11.9 Å². The molecule has 0 radical (unpaired) electrons. The highest BCUT2D eigenvalue weighted by Crippen LogP contribution is 2.33. The number of aromatic nitrogens is 1. The molecule has 1 aliphatic rings. The number of hydrogen-bond donors (Lipinski definition) is 5. The van der Waals surface area contributed by atoms with Crippen molar-refractivity contribution < 1.29 is 30.0 Å². The van der Waals surface area contributed by atoms with Gasteiger partial charge < -0.3 is 30.7 Å². The van der Waals surface area contributed by atoms with E-state index < -0.39 is 24.1 Å². The van der Waals surface area contributed by atoms with Gasteiger partial charge in [0.1, 0.15) is 0 Å². The average molecular weight is 350 g/mol. The van der Waals surface area contributed by atoms with Crippen LogP contribution in [0.2, 0.25) is 0 Å². The second-order valence-corrected chi connectivity index (χ2v) is 5.88. The zero-order chi connectivity index (χ0) is 18.7. The zero-order valence-electron chi connectivity index (χ0n) is 13.8. The fourth-order valence-electron chi connectivity index (χ4n) is 3.12. The highest BCUT2D eigenvalue weighted by molar-refractivity contribution is 5.89. The van der Waals surface area contributed by atoms with Gasteiger partial charge in [0.2, 0.25) is 0 Å². The Morgan fingerprint density at radius 1 is 1.20 bits per heavy atom. The van der Waals surface area contributed by atoms with E-state index in [1.165, 1.54) is 34.1 Å². The third-order valence-corrected chi connectivity index (χ3v) is 4.36. The van der Waals surface area contributed by atoms with Crippen LogP contribution in [0.4, 0.5) is 0 Å². The fraction of sp³-hybridized carbons (Fsp3) is 0.412. The third-order valence-electron chi connectivity index (χ3n) is 4.36. The molecule has 136 valence electrons. The second kappa shape index (κ2) is 7.64. The van der Waals surface area contributed by atoms with Crippen LogP contribution in [0.15, 0.2) is 18.2 Å². The van der Waals surface area contributed by atoms with Crippen molar-refractivity contribution in [2.75, 3.05) is 6.54 Å². The van der Waals surface area contributed by atoms with E-state index in [0.717, 1.165) is 19.5 Å². The lowest BCUT2D eigenvalue weighted by Crippen LogP contribution is -2.39. The first kappa shape index (κ1) is 18.9. The lowest BCUT2D eigenvalue weighted by molar-refractivity contribution is -0.165. The van der Waals surface area contributed by atoms with Gasteiger partial charge in [0.15, 0.2) is 12.2 Å². The van der Waals surface area contributed by atoms with Crippen LogP contribution < -0.4 is 5.73 Å². The standard InChI is InChI=1S/C13H16N2.C4H6O6/c1-9-11(5-7-14)12-4-2-3-10-6-8-15(9)13(10)12;5-1(3(7)8)2(6)4(9)10/h2-4H,5-8,14H2,1H3;1-2,5-6H,(H,7,8)(H,9,10)/t;1-,2-/m.1/s1. The van der Waals surface area contributed by atoms with Gasteiger partial charge in [0, 0.05) is 17.6 Å². The van der Waals surface area contributed by atoms with Crippen LogP contribution in [0.25, 0.3) is 10.9 Å². The summed E-state index contributed by atoms with van der Waals surface area (Å²) in [5.74, 6) is -3.54. The van der Waals surface area contributed by atoms with Gasteiger partial charge in [0.05, 0.1) is 5.52 Å². The number of carboxylic acid groups (broad SMARTS) is 2. The molecule has 0 unspecified atom stereocenters. The number of carbonyl (C=O) groups is 2. The molecule has 0 aliphatic carbocycles. The molecule has 2 aromatic rings. The first-order valence-electron chi connectivity index (χ1n) is 7.91. The largest absolute Gasteiger partial charge is 0.479 e. The summed E-state index contributed by atoms with van der Waals surface area (Å²) in [6.07, 6.45) is -2.34. The molecule has 0 saturated carbocycles. The van der Waals surface area contributed by atoms with Crippen molar-refractivity contribution in [1.29, 1.82) is 0 Å². The molecule has 2 atom stereocenters. The summed E-state index contributed by atoms with van der Waals surface area (Å²) in [5.41, 5.74) is 11.5. The molecule has 1 aromatic carbocycles. The molecule has 6 N–H and O–H groups in total. The molecular weight excluding hydrogens is 328 g/mol. The van der Waals surface area contributed by atoms with Gasteiger partial charge in [-0.1, -0.05) is 18.2 Å². The van der Waals surface area contributed by atoms with Crippen molar-refractivity contribution in [2.24, 2.45) is 5.73 Å². The molecule has 1 aromatic heterocycles. The van der Waals surface area contributed by atoms with Crippen LogP contribution in [-0.2, 0) is 29.0 Å². The molecule has 0 saturated heterocycles. The number of aryl methyl sites for hydroxylation is 2. The van der Waals surface area contributed by atoms with Crippen molar-refractivity contribution in [3.63, 3.8) is 0 Å². The van der Waals surface area contributed by atoms with Crippen LogP contribution in [0.3, 0.4) is 0 Å². The highest BCUT2D eigenvalue weighted by Gasteiger charge is 2.29. The van der Waals surface area contributed by atoms with Crippen LogP contribution in [0, 0.1) is 6.92 Å². The Balaban J connectivity index is 0.000000199. The number of para-hydroxylation sites is 1. The van der Waals surface area contributed by atoms with Crippen molar-refractivity contribution in [1.82, 2.24) is 4.57 Å². The SMILES string of the molecule is Cc1c(CCN)c2cccc3c2n1CC3.O=C(O)[C@H](O)[C@@H](O)C(=O)O. The molecule has 2 heterocycles. The number of aliphatic hydroxyl groups excluding tert-OH is 2. The Morgan fingerprint density at radius 2 is 1.80 bits per heavy atom. The molecule has 0 spiro atoms. The van der Waals surface area contributed by atoms with Crippen molar-refractivity contribution >= 4 is 22.8 Å². The average Bonchev–Trinajstić information content (AvgIpc) is 3.12. The maximum Gasteiger partial charge on any atom is 0.335 e. The zero-order valence-corrected chi connectivity index (χ0v) is 13.8. The first-order chi connectivity index (χ1) is 11.8. The van der Waals surface area contributed by atoms with Gasteiger partial charge in [-0.2, -0.15) is 0 Å². The van der Waals surface area contributed by atoms with Gasteiger partial charge in [0.25, 0.3) is 0 Å². The minimum Gasteiger partial charge on any atom is -0.479 e. The van der Waals surface area contributed by atoms with E-state index in [0.29, 0.717) is 0 Å². The number of aliphatic hydroxyl groups is 2. The number of hydrogen-bond acceptors (Lipinski definition) is 5. The van der Waals surface area contributed by atoms with Crippen LogP contribution in [-0.4, -0.2) is 55.7 Å². The van der Waals surface area contributed by atoms with Crippen LogP contribution >= 0.6 is 0 Å². The molecular formula is C17H22N2O6. The number of rotatable bonds is 5. The summed E-state index contributed by atoms with van der Waals surface area (Å²) < 4.78 is 2.45. The molecule has 0 bridgehead atoms. The lowest BCUT2D eigenvalue weighted by Gasteiger charge is -2.07. The number of carboxylic acids is 2. The fourth-order valence-corrected chi connectivity index (χ4v) is 3.12. The van der Waals surface area contributed by atoms with Crippen molar-refractivity contribution in [3.8, 4) is 0 Å². The Hall–Kier alpha value is -2.42. The summed E-state index contributed by atoms with van der Waals surface area (Å²) in [6, 6.07) is 6.66. The predicted octanol–water partition coefficient (Wildman–Crippen LogP) is -0.116. The first-order valence-corrected chi connectivity index (χ1v) is 7.91. The summed E-state index contributed by atoms with van der Waals surface area (Å²) >= 11 is 0. The quantitative estimate of drug-likeness (QED) is 0.505.